The van der Waals surface area contributed by atoms with Crippen molar-refractivity contribution in [2.75, 3.05) is 39.4 Å². The Morgan fingerprint density at radius 2 is 2.21 bits per heavy atom. The molecule has 110 valence electrons. The van der Waals surface area contributed by atoms with Crippen molar-refractivity contribution in [3.8, 4) is 0 Å². The molecule has 6 heteroatoms. The number of hydrogen-bond donors (Lipinski definition) is 2. The van der Waals surface area contributed by atoms with Gasteiger partial charge in [-0.05, 0) is 25.7 Å². The van der Waals surface area contributed by atoms with Gasteiger partial charge in [0.2, 0.25) is 5.91 Å². The molecule has 0 unspecified atom stereocenters. The summed E-state index contributed by atoms with van der Waals surface area (Å²) in [5, 5.41) is 6.03. The second-order valence-electron chi connectivity index (χ2n) is 5.38. The number of alkyl halides is 1. The Morgan fingerprint density at radius 1 is 1.47 bits per heavy atom. The molecule has 2 fully saturated rings. The number of halogens is 1. The number of carbonyl (C=O) groups excluding carboxylic acids is 1. The maximum absolute atomic E-state index is 11.4. The first-order valence-corrected chi connectivity index (χ1v) is 7.57. The Hall–Kier alpha value is -0.360. The topological polar surface area (TPSA) is 53.6 Å². The zero-order valence-electron chi connectivity index (χ0n) is 11.5. The molecule has 0 aliphatic carbocycles. The maximum atomic E-state index is 11.4. The van der Waals surface area contributed by atoms with E-state index in [1.165, 1.54) is 0 Å². The van der Waals surface area contributed by atoms with Gasteiger partial charge in [-0.3, -0.25) is 9.69 Å². The molecule has 2 aliphatic heterocycles. The molecular formula is C13H24ClN3O2. The molecule has 2 N–H and O–H groups in total. The molecule has 0 aromatic rings. The van der Waals surface area contributed by atoms with Crippen LogP contribution in [0.3, 0.4) is 0 Å². The smallest absolute Gasteiger partial charge is 0.237 e. The molecule has 0 saturated carbocycles. The quantitative estimate of drug-likeness (QED) is 0.735. The van der Waals surface area contributed by atoms with Crippen LogP contribution >= 0.6 is 11.6 Å². The predicted molar refractivity (Wildman–Crippen MR) is 75.2 cm³/mol. The van der Waals surface area contributed by atoms with Gasteiger partial charge < -0.3 is 15.4 Å². The number of ether oxygens (including phenoxy) is 1. The van der Waals surface area contributed by atoms with Crippen LogP contribution in [0, 0.1) is 5.92 Å². The Bertz CT molecular complexity index is 288. The third kappa shape index (κ3) is 4.60. The number of nitrogens with one attached hydrogen (secondary N) is 2. The van der Waals surface area contributed by atoms with E-state index in [1.54, 1.807) is 6.92 Å². The first-order valence-electron chi connectivity index (χ1n) is 7.14. The number of nitrogens with zero attached hydrogens (tertiary/aromatic N) is 1. The molecule has 2 heterocycles. The van der Waals surface area contributed by atoms with Crippen molar-refractivity contribution in [2.45, 2.75) is 31.3 Å². The van der Waals surface area contributed by atoms with E-state index in [1.807, 2.05) is 0 Å². The molecule has 0 radical (unpaired) electrons. The maximum Gasteiger partial charge on any atom is 0.237 e. The second-order valence-corrected chi connectivity index (χ2v) is 6.03. The molecule has 2 rings (SSSR count). The highest BCUT2D eigenvalue weighted by Gasteiger charge is 2.26. The molecule has 1 amide bonds. The van der Waals surface area contributed by atoms with E-state index in [0.29, 0.717) is 12.1 Å². The lowest BCUT2D eigenvalue weighted by molar-refractivity contribution is -0.120. The normalized spacial score (nSPS) is 30.8. The third-order valence-corrected chi connectivity index (χ3v) is 4.10. The van der Waals surface area contributed by atoms with Gasteiger partial charge in [0.25, 0.3) is 0 Å². The minimum Gasteiger partial charge on any atom is -0.379 e. The monoisotopic (exact) mass is 289 g/mol. The SMILES string of the molecule is C[C@H](Cl)C(=O)NC[C@@H]1CC[C@@H](N2CCOCC2)NC1. The molecule has 3 atom stereocenters. The standard InChI is InChI=1S/C13H24ClN3O2/c1-10(14)13(18)16-9-11-2-3-12(15-8-11)17-4-6-19-7-5-17/h10-12,15H,2-9H2,1H3,(H,16,18)/t10-,11+,12+/m0/s1. The van der Waals surface area contributed by atoms with Crippen LogP contribution in [-0.4, -0.2) is 61.7 Å². The summed E-state index contributed by atoms with van der Waals surface area (Å²) < 4.78 is 5.37. The van der Waals surface area contributed by atoms with Crippen LogP contribution in [0.5, 0.6) is 0 Å². The Morgan fingerprint density at radius 3 is 2.79 bits per heavy atom. The van der Waals surface area contributed by atoms with Gasteiger partial charge in [-0.15, -0.1) is 11.6 Å². The van der Waals surface area contributed by atoms with Gasteiger partial charge >= 0.3 is 0 Å². The number of morpholine rings is 1. The highest BCUT2D eigenvalue weighted by Crippen LogP contribution is 2.17. The van der Waals surface area contributed by atoms with E-state index in [-0.39, 0.29) is 5.91 Å². The summed E-state index contributed by atoms with van der Waals surface area (Å²) in [6.07, 6.45) is 2.76. The molecule has 19 heavy (non-hydrogen) atoms. The van der Waals surface area contributed by atoms with Gasteiger partial charge in [0.05, 0.1) is 19.4 Å². The summed E-state index contributed by atoms with van der Waals surface area (Å²) in [5.41, 5.74) is 0. The zero-order chi connectivity index (χ0) is 13.7. The van der Waals surface area contributed by atoms with Crippen molar-refractivity contribution < 1.29 is 9.53 Å². The average Bonchev–Trinajstić information content (AvgIpc) is 2.46. The molecule has 0 spiro atoms. The highest BCUT2D eigenvalue weighted by atomic mass is 35.5. The molecule has 0 aromatic carbocycles. The first kappa shape index (κ1) is 15.0. The van der Waals surface area contributed by atoms with E-state index >= 15 is 0 Å². The number of hydrogen-bond acceptors (Lipinski definition) is 4. The number of carbonyl (C=O) groups is 1. The lowest BCUT2D eigenvalue weighted by Crippen LogP contribution is -2.54. The van der Waals surface area contributed by atoms with Crippen LogP contribution in [0.2, 0.25) is 0 Å². The fourth-order valence-electron chi connectivity index (χ4n) is 2.66. The second kappa shape index (κ2) is 7.43. The number of piperidine rings is 1. The fraction of sp³-hybridized carbons (Fsp3) is 0.923. The van der Waals surface area contributed by atoms with E-state index in [0.717, 1.165) is 52.2 Å². The fourth-order valence-corrected chi connectivity index (χ4v) is 2.74. The molecular weight excluding hydrogens is 266 g/mol. The van der Waals surface area contributed by atoms with Gasteiger partial charge in [0, 0.05) is 26.2 Å². The Balaban J connectivity index is 1.66. The highest BCUT2D eigenvalue weighted by molar-refractivity contribution is 6.30. The van der Waals surface area contributed by atoms with Gasteiger partial charge in [-0.1, -0.05) is 0 Å². The van der Waals surface area contributed by atoms with Crippen LogP contribution in [0.1, 0.15) is 19.8 Å². The predicted octanol–water partition coefficient (Wildman–Crippen LogP) is 0.388. The van der Waals surface area contributed by atoms with E-state index < -0.39 is 5.38 Å². The van der Waals surface area contributed by atoms with Crippen LogP contribution in [0.4, 0.5) is 0 Å². The summed E-state index contributed by atoms with van der Waals surface area (Å²) in [6.45, 7) is 7.09. The lowest BCUT2D eigenvalue weighted by Gasteiger charge is -2.39. The molecule has 0 bridgehead atoms. The van der Waals surface area contributed by atoms with E-state index in [4.69, 9.17) is 16.3 Å². The summed E-state index contributed by atoms with van der Waals surface area (Å²) >= 11 is 5.72. The molecule has 0 aromatic heterocycles. The minimum atomic E-state index is -0.447. The largest absolute Gasteiger partial charge is 0.379 e. The summed E-state index contributed by atoms with van der Waals surface area (Å²) in [7, 11) is 0. The van der Waals surface area contributed by atoms with Gasteiger partial charge in [0.1, 0.15) is 5.38 Å². The van der Waals surface area contributed by atoms with Crippen molar-refractivity contribution in [1.29, 1.82) is 0 Å². The number of rotatable bonds is 4. The van der Waals surface area contributed by atoms with E-state index in [2.05, 4.69) is 15.5 Å². The summed E-state index contributed by atoms with van der Waals surface area (Å²) in [5.74, 6) is 0.439. The minimum absolute atomic E-state index is 0.0723. The van der Waals surface area contributed by atoms with Crippen LogP contribution < -0.4 is 10.6 Å². The van der Waals surface area contributed by atoms with Gasteiger partial charge in [-0.25, -0.2) is 0 Å². The van der Waals surface area contributed by atoms with Crippen LogP contribution in [0.15, 0.2) is 0 Å². The first-order chi connectivity index (χ1) is 9.16. The third-order valence-electron chi connectivity index (χ3n) is 3.90. The molecule has 2 aliphatic rings. The van der Waals surface area contributed by atoms with Gasteiger partial charge in [-0.2, -0.15) is 0 Å². The Kier molecular flexibility index (Phi) is 5.88. The van der Waals surface area contributed by atoms with Crippen LogP contribution in [-0.2, 0) is 9.53 Å². The van der Waals surface area contributed by atoms with E-state index in [9.17, 15) is 4.79 Å². The van der Waals surface area contributed by atoms with Crippen molar-refractivity contribution in [3.05, 3.63) is 0 Å². The average molecular weight is 290 g/mol. The molecule has 2 saturated heterocycles. The Labute approximate surface area is 120 Å². The van der Waals surface area contributed by atoms with Crippen molar-refractivity contribution in [1.82, 2.24) is 15.5 Å². The van der Waals surface area contributed by atoms with Crippen molar-refractivity contribution >= 4 is 17.5 Å². The lowest BCUT2D eigenvalue weighted by atomic mass is 9.97. The van der Waals surface area contributed by atoms with Crippen LogP contribution in [0.25, 0.3) is 0 Å². The molecule has 5 nitrogen and oxygen atoms in total. The van der Waals surface area contributed by atoms with Gasteiger partial charge in [0.15, 0.2) is 0 Å². The van der Waals surface area contributed by atoms with Crippen molar-refractivity contribution in [3.63, 3.8) is 0 Å². The zero-order valence-corrected chi connectivity index (χ0v) is 12.3. The summed E-state index contributed by atoms with van der Waals surface area (Å²) in [4.78, 5) is 13.9. The number of amides is 1. The van der Waals surface area contributed by atoms with Crippen molar-refractivity contribution in [2.24, 2.45) is 5.92 Å². The summed E-state index contributed by atoms with van der Waals surface area (Å²) in [6, 6.07) is 0.